The highest BCUT2D eigenvalue weighted by Gasteiger charge is 2.18. The Kier molecular flexibility index (Phi) is 5.48. The maximum Gasteiger partial charge on any atom is 0.283 e. The average Bonchev–Trinajstić information content (AvgIpc) is 2.54. The lowest BCUT2D eigenvalue weighted by Gasteiger charge is -2.07. The van der Waals surface area contributed by atoms with E-state index in [4.69, 9.17) is 5.73 Å². The minimum absolute atomic E-state index is 0.00172. The molecule has 0 aliphatic rings. The highest BCUT2D eigenvalue weighted by molar-refractivity contribution is 8.00. The highest BCUT2D eigenvalue weighted by atomic mass is 32.2. The third kappa shape index (κ3) is 4.29. The number of nitro groups is 1. The van der Waals surface area contributed by atoms with Gasteiger partial charge in [-0.1, -0.05) is 12.1 Å². The van der Waals surface area contributed by atoms with Crippen molar-refractivity contribution in [3.05, 3.63) is 64.0 Å². The molecule has 0 fully saturated rings. The van der Waals surface area contributed by atoms with Gasteiger partial charge >= 0.3 is 0 Å². The smallest absolute Gasteiger partial charge is 0.283 e. The number of nitrogens with two attached hydrogens (primary N) is 1. The number of carbonyl (C=O) groups excluding carboxylic acids is 2. The molecule has 0 aliphatic carbocycles. The summed E-state index contributed by atoms with van der Waals surface area (Å²) < 4.78 is 13.4. The zero-order chi connectivity index (χ0) is 17.7. The number of hydrogen-bond donors (Lipinski definition) is 2. The molecule has 2 amide bonds. The third-order valence-corrected chi connectivity index (χ3v) is 4.01. The second kappa shape index (κ2) is 7.55. The van der Waals surface area contributed by atoms with Gasteiger partial charge in [0.05, 0.1) is 21.3 Å². The van der Waals surface area contributed by atoms with Gasteiger partial charge in [-0.2, -0.15) is 0 Å². The zero-order valence-corrected chi connectivity index (χ0v) is 13.0. The van der Waals surface area contributed by atoms with Gasteiger partial charge in [-0.3, -0.25) is 19.7 Å². The molecule has 24 heavy (non-hydrogen) atoms. The van der Waals surface area contributed by atoms with Crippen molar-refractivity contribution in [1.82, 2.24) is 0 Å². The first kappa shape index (κ1) is 17.4. The molecule has 0 radical (unpaired) electrons. The molecule has 0 atom stereocenters. The van der Waals surface area contributed by atoms with Gasteiger partial charge in [-0.15, -0.1) is 11.8 Å². The summed E-state index contributed by atoms with van der Waals surface area (Å²) in [7, 11) is 0. The van der Waals surface area contributed by atoms with Crippen LogP contribution in [-0.2, 0) is 4.79 Å². The maximum absolute atomic E-state index is 13.4. The third-order valence-electron chi connectivity index (χ3n) is 2.95. The molecule has 2 aromatic carbocycles. The van der Waals surface area contributed by atoms with Gasteiger partial charge in [0.1, 0.15) is 5.82 Å². The molecule has 2 aromatic rings. The summed E-state index contributed by atoms with van der Waals surface area (Å²) >= 11 is 0.901. The Hall–Kier alpha value is -2.94. The molecular formula is C15H12FN3O4S. The molecule has 3 N–H and O–H groups in total. The van der Waals surface area contributed by atoms with Crippen molar-refractivity contribution in [2.24, 2.45) is 5.73 Å². The number of carbonyl (C=O) groups is 2. The first-order chi connectivity index (χ1) is 11.4. The molecule has 0 heterocycles. The summed E-state index contributed by atoms with van der Waals surface area (Å²) in [5.74, 6) is -2.04. The molecule has 0 aliphatic heterocycles. The van der Waals surface area contributed by atoms with E-state index >= 15 is 0 Å². The van der Waals surface area contributed by atoms with Crippen molar-refractivity contribution < 1.29 is 18.9 Å². The van der Waals surface area contributed by atoms with Crippen LogP contribution in [0.15, 0.2) is 47.4 Å². The van der Waals surface area contributed by atoms with E-state index in [0.29, 0.717) is 0 Å². The van der Waals surface area contributed by atoms with E-state index in [9.17, 15) is 24.1 Å². The number of benzene rings is 2. The predicted octanol–water partition coefficient (Wildman–Crippen LogP) is 2.56. The molecule has 0 bridgehead atoms. The Labute approximate surface area is 140 Å². The number of nitrogens with zero attached hydrogens (tertiary/aromatic N) is 1. The van der Waals surface area contributed by atoms with Gasteiger partial charge in [-0.25, -0.2) is 4.39 Å². The number of amides is 2. The fraction of sp³-hybridized carbons (Fsp3) is 0.0667. The van der Waals surface area contributed by atoms with Gasteiger partial charge < -0.3 is 11.1 Å². The molecule has 0 aromatic heterocycles. The number of thioether (sulfide) groups is 1. The van der Waals surface area contributed by atoms with Crippen LogP contribution in [0.3, 0.4) is 0 Å². The Morgan fingerprint density at radius 1 is 1.25 bits per heavy atom. The molecular weight excluding hydrogens is 337 g/mol. The topological polar surface area (TPSA) is 115 Å². The van der Waals surface area contributed by atoms with Crippen LogP contribution in [0.5, 0.6) is 0 Å². The minimum Gasteiger partial charge on any atom is -0.366 e. The molecule has 9 heteroatoms. The van der Waals surface area contributed by atoms with Gasteiger partial charge in [0.2, 0.25) is 11.8 Å². The molecule has 0 spiro atoms. The molecule has 0 unspecified atom stereocenters. The predicted molar refractivity (Wildman–Crippen MR) is 87.4 cm³/mol. The van der Waals surface area contributed by atoms with Crippen LogP contribution in [0.2, 0.25) is 0 Å². The van der Waals surface area contributed by atoms with E-state index in [-0.39, 0.29) is 27.6 Å². The standard InChI is InChI=1S/C15H12FN3O4S/c16-10-3-1-2-4-11(10)18-14(20)8-24-13-6-5-9(15(17)21)7-12(13)19(22)23/h1-7H,8H2,(H2,17,21)(H,18,20). The molecule has 2 rings (SSSR count). The number of rotatable bonds is 6. The normalized spacial score (nSPS) is 10.2. The number of halogens is 1. The van der Waals surface area contributed by atoms with Crippen LogP contribution in [0.25, 0.3) is 0 Å². The lowest BCUT2D eigenvalue weighted by molar-refractivity contribution is -0.387. The average molecular weight is 349 g/mol. The van der Waals surface area contributed by atoms with Crippen LogP contribution in [0.4, 0.5) is 15.8 Å². The second-order valence-corrected chi connectivity index (χ2v) is 5.64. The van der Waals surface area contributed by atoms with Crippen LogP contribution in [-0.4, -0.2) is 22.5 Å². The number of primary amides is 1. The van der Waals surface area contributed by atoms with Crippen molar-refractivity contribution in [3.8, 4) is 0 Å². The maximum atomic E-state index is 13.4. The van der Waals surface area contributed by atoms with Crippen LogP contribution in [0.1, 0.15) is 10.4 Å². The van der Waals surface area contributed by atoms with E-state index < -0.39 is 22.6 Å². The number of para-hydroxylation sites is 1. The SMILES string of the molecule is NC(=O)c1ccc(SCC(=O)Nc2ccccc2F)c([N+](=O)[O-])c1. The Morgan fingerprint density at radius 3 is 2.58 bits per heavy atom. The summed E-state index contributed by atoms with van der Waals surface area (Å²) in [6, 6.07) is 9.41. The fourth-order valence-corrected chi connectivity index (χ4v) is 2.63. The number of nitro benzene ring substituents is 1. The van der Waals surface area contributed by atoms with Crippen molar-refractivity contribution >= 4 is 35.0 Å². The van der Waals surface area contributed by atoms with E-state index in [0.717, 1.165) is 17.8 Å². The molecule has 0 saturated heterocycles. The highest BCUT2D eigenvalue weighted by Crippen LogP contribution is 2.30. The van der Waals surface area contributed by atoms with Crippen molar-refractivity contribution in [2.45, 2.75) is 4.90 Å². The van der Waals surface area contributed by atoms with Crippen LogP contribution >= 0.6 is 11.8 Å². The monoisotopic (exact) mass is 349 g/mol. The summed E-state index contributed by atoms with van der Waals surface area (Å²) in [5.41, 5.74) is 4.79. The summed E-state index contributed by atoms with van der Waals surface area (Å²) in [6.45, 7) is 0. The Morgan fingerprint density at radius 2 is 1.96 bits per heavy atom. The lowest BCUT2D eigenvalue weighted by Crippen LogP contribution is -2.15. The Balaban J connectivity index is 2.08. The molecule has 0 saturated carbocycles. The van der Waals surface area contributed by atoms with Crippen LogP contribution < -0.4 is 11.1 Å². The van der Waals surface area contributed by atoms with Crippen molar-refractivity contribution in [1.29, 1.82) is 0 Å². The molecule has 7 nitrogen and oxygen atoms in total. The summed E-state index contributed by atoms with van der Waals surface area (Å²) in [5, 5.41) is 13.4. The minimum atomic E-state index is -0.785. The van der Waals surface area contributed by atoms with Crippen molar-refractivity contribution in [2.75, 3.05) is 11.1 Å². The van der Waals surface area contributed by atoms with E-state index in [1.165, 1.54) is 30.3 Å². The first-order valence-corrected chi connectivity index (χ1v) is 7.62. The van der Waals surface area contributed by atoms with Gasteiger partial charge in [0.15, 0.2) is 0 Å². The van der Waals surface area contributed by atoms with Gasteiger partial charge in [-0.05, 0) is 24.3 Å². The number of nitrogens with one attached hydrogen (secondary N) is 1. The summed E-state index contributed by atoms with van der Waals surface area (Å²) in [4.78, 5) is 33.5. The van der Waals surface area contributed by atoms with E-state index in [1.807, 2.05) is 0 Å². The second-order valence-electron chi connectivity index (χ2n) is 4.62. The van der Waals surface area contributed by atoms with E-state index in [1.54, 1.807) is 6.07 Å². The largest absolute Gasteiger partial charge is 0.366 e. The Bertz CT molecular complexity index is 813. The number of hydrogen-bond acceptors (Lipinski definition) is 5. The summed E-state index contributed by atoms with van der Waals surface area (Å²) in [6.07, 6.45) is 0. The number of anilines is 1. The van der Waals surface area contributed by atoms with Gasteiger partial charge in [0, 0.05) is 11.6 Å². The fourth-order valence-electron chi connectivity index (χ4n) is 1.83. The lowest BCUT2D eigenvalue weighted by atomic mass is 10.2. The van der Waals surface area contributed by atoms with E-state index in [2.05, 4.69) is 5.32 Å². The molecule has 124 valence electrons. The first-order valence-electron chi connectivity index (χ1n) is 6.64. The van der Waals surface area contributed by atoms with Crippen LogP contribution in [0, 0.1) is 15.9 Å². The van der Waals surface area contributed by atoms with Gasteiger partial charge in [0.25, 0.3) is 5.69 Å². The zero-order valence-electron chi connectivity index (χ0n) is 12.2. The quantitative estimate of drug-likeness (QED) is 0.472. The van der Waals surface area contributed by atoms with Crippen molar-refractivity contribution in [3.63, 3.8) is 0 Å².